The lowest BCUT2D eigenvalue weighted by Gasteiger charge is -2.26. The lowest BCUT2D eigenvalue weighted by molar-refractivity contribution is -0.140. The van der Waals surface area contributed by atoms with Crippen LogP contribution in [-0.2, 0) is 30.4 Å². The zero-order valence-corrected chi connectivity index (χ0v) is 18.5. The van der Waals surface area contributed by atoms with Gasteiger partial charge in [0.1, 0.15) is 5.75 Å². The number of alkyl halides is 3. The van der Waals surface area contributed by atoms with Crippen molar-refractivity contribution in [1.82, 2.24) is 15.1 Å². The van der Waals surface area contributed by atoms with Gasteiger partial charge in [-0.1, -0.05) is 30.3 Å². The summed E-state index contributed by atoms with van der Waals surface area (Å²) in [5.74, 6) is 0.330. The van der Waals surface area contributed by atoms with Gasteiger partial charge in [-0.3, -0.25) is 4.79 Å². The van der Waals surface area contributed by atoms with Crippen LogP contribution in [0.2, 0.25) is 0 Å². The van der Waals surface area contributed by atoms with Crippen molar-refractivity contribution < 1.29 is 22.7 Å². The molecular weight excluding hydrogens is 419 g/mol. The van der Waals surface area contributed by atoms with Gasteiger partial charge >= 0.3 is 6.18 Å². The second kappa shape index (κ2) is 10.8. The summed E-state index contributed by atoms with van der Waals surface area (Å²) < 4.78 is 46.2. The van der Waals surface area contributed by atoms with E-state index in [0.717, 1.165) is 37.6 Å². The van der Waals surface area contributed by atoms with Gasteiger partial charge in [-0.05, 0) is 68.8 Å². The number of benzene rings is 2. The fourth-order valence-corrected chi connectivity index (χ4v) is 3.81. The van der Waals surface area contributed by atoms with Crippen LogP contribution in [0, 0.1) is 0 Å². The van der Waals surface area contributed by atoms with E-state index in [2.05, 4.69) is 11.4 Å². The molecule has 1 aliphatic rings. The molecule has 0 spiro atoms. The molecule has 5 nitrogen and oxygen atoms in total. The number of halogens is 3. The van der Waals surface area contributed by atoms with E-state index < -0.39 is 11.7 Å². The van der Waals surface area contributed by atoms with E-state index in [1.165, 1.54) is 22.6 Å². The molecule has 32 heavy (non-hydrogen) atoms. The van der Waals surface area contributed by atoms with Gasteiger partial charge in [0.2, 0.25) is 0 Å². The highest BCUT2D eigenvalue weighted by atomic mass is 19.4. The van der Waals surface area contributed by atoms with E-state index >= 15 is 0 Å². The maximum atomic E-state index is 13.4. The number of likely N-dealkylation sites (N-methyl/N-ethyl adjacent to an activating group) is 1. The van der Waals surface area contributed by atoms with E-state index in [1.54, 1.807) is 6.07 Å². The van der Waals surface area contributed by atoms with Gasteiger partial charge in [-0.2, -0.15) is 13.2 Å². The second-order valence-electron chi connectivity index (χ2n) is 8.21. The van der Waals surface area contributed by atoms with Crippen LogP contribution in [0.4, 0.5) is 13.2 Å². The molecule has 0 saturated carbocycles. The lowest BCUT2D eigenvalue weighted by atomic mass is 10.0. The van der Waals surface area contributed by atoms with Crippen molar-refractivity contribution in [2.24, 2.45) is 0 Å². The Bertz CT molecular complexity index is 916. The summed E-state index contributed by atoms with van der Waals surface area (Å²) in [7, 11) is 3.71. The molecule has 0 radical (unpaired) electrons. The first-order valence-electron chi connectivity index (χ1n) is 10.8. The quantitative estimate of drug-likeness (QED) is 0.671. The van der Waals surface area contributed by atoms with Gasteiger partial charge in [0.05, 0.1) is 5.56 Å². The zero-order valence-electron chi connectivity index (χ0n) is 18.5. The average molecular weight is 450 g/mol. The largest absolute Gasteiger partial charge is 0.483 e. The maximum Gasteiger partial charge on any atom is 0.416 e. The Morgan fingerprint density at radius 2 is 1.78 bits per heavy atom. The molecular formula is C24H30F3N3O2. The number of hydrogen-bond acceptors (Lipinski definition) is 4. The van der Waals surface area contributed by atoms with Gasteiger partial charge in [0.25, 0.3) is 5.91 Å². The monoisotopic (exact) mass is 449 g/mol. The Morgan fingerprint density at radius 3 is 2.53 bits per heavy atom. The van der Waals surface area contributed by atoms with Crippen LogP contribution in [0.15, 0.2) is 42.5 Å². The molecule has 0 aromatic heterocycles. The molecule has 0 aliphatic carbocycles. The number of amides is 1. The number of nitrogens with one attached hydrogen (secondary N) is 1. The van der Waals surface area contributed by atoms with E-state index in [4.69, 9.17) is 4.74 Å². The first-order chi connectivity index (χ1) is 15.3. The summed E-state index contributed by atoms with van der Waals surface area (Å²) >= 11 is 0. The molecule has 1 heterocycles. The molecule has 0 unspecified atom stereocenters. The maximum absolute atomic E-state index is 13.4. The minimum absolute atomic E-state index is 0.0757. The molecule has 2 aromatic rings. The normalized spacial score (nSPS) is 14.1. The minimum atomic E-state index is -4.47. The van der Waals surface area contributed by atoms with Crippen LogP contribution in [0.1, 0.15) is 22.3 Å². The number of ether oxygens (including phenoxy) is 1. The summed E-state index contributed by atoms with van der Waals surface area (Å²) in [6.07, 6.45) is -2.77. The number of fused-ring (bicyclic) bond motifs is 1. The molecule has 3 rings (SSSR count). The molecule has 8 heteroatoms. The Kier molecular flexibility index (Phi) is 8.15. The third-order valence-electron chi connectivity index (χ3n) is 5.56. The summed E-state index contributed by atoms with van der Waals surface area (Å²) in [5, 5.41) is 3.35. The van der Waals surface area contributed by atoms with Crippen LogP contribution in [0.5, 0.6) is 5.75 Å². The van der Waals surface area contributed by atoms with Crippen molar-refractivity contribution in [1.29, 1.82) is 0 Å². The van der Waals surface area contributed by atoms with Crippen molar-refractivity contribution in [3.63, 3.8) is 0 Å². The zero-order chi connectivity index (χ0) is 23.1. The topological polar surface area (TPSA) is 44.8 Å². The highest BCUT2D eigenvalue weighted by Gasteiger charge is 2.33. The highest BCUT2D eigenvalue weighted by molar-refractivity contribution is 5.78. The van der Waals surface area contributed by atoms with E-state index in [0.29, 0.717) is 18.8 Å². The number of nitrogens with zero attached hydrogens (tertiary/aromatic N) is 2. The molecule has 174 valence electrons. The van der Waals surface area contributed by atoms with Crippen LogP contribution in [0.25, 0.3) is 0 Å². The SMILES string of the molecule is CN(C)CCN(Cc1ccccc1C(F)(F)F)C(=O)COc1cccc2c1CCNCC2. The van der Waals surface area contributed by atoms with Gasteiger partial charge < -0.3 is 19.9 Å². The van der Waals surface area contributed by atoms with Crippen molar-refractivity contribution in [3.05, 3.63) is 64.7 Å². The Morgan fingerprint density at radius 1 is 1.03 bits per heavy atom. The molecule has 0 fully saturated rings. The molecule has 1 aliphatic heterocycles. The third kappa shape index (κ3) is 6.46. The number of carbonyl (C=O) groups is 1. The minimum Gasteiger partial charge on any atom is -0.483 e. The first kappa shape index (κ1) is 24.1. The summed E-state index contributed by atoms with van der Waals surface area (Å²) in [6, 6.07) is 11.2. The van der Waals surface area contributed by atoms with E-state index in [9.17, 15) is 18.0 Å². The van der Waals surface area contributed by atoms with Gasteiger partial charge in [0.15, 0.2) is 6.61 Å². The number of hydrogen-bond donors (Lipinski definition) is 1. The van der Waals surface area contributed by atoms with Crippen LogP contribution in [-0.4, -0.2) is 62.6 Å². The molecule has 1 amide bonds. The predicted octanol–water partition coefficient (Wildman–Crippen LogP) is 3.36. The Labute approximate surface area is 187 Å². The fraction of sp³-hybridized carbons (Fsp3) is 0.458. The second-order valence-corrected chi connectivity index (χ2v) is 8.21. The Balaban J connectivity index is 1.75. The third-order valence-corrected chi connectivity index (χ3v) is 5.56. The number of rotatable bonds is 8. The summed E-state index contributed by atoms with van der Waals surface area (Å²) in [4.78, 5) is 16.3. The van der Waals surface area contributed by atoms with Crippen LogP contribution >= 0.6 is 0 Å². The molecule has 0 bridgehead atoms. The van der Waals surface area contributed by atoms with Gasteiger partial charge in [-0.25, -0.2) is 0 Å². The molecule has 0 atom stereocenters. The van der Waals surface area contributed by atoms with E-state index in [-0.39, 0.29) is 24.6 Å². The van der Waals surface area contributed by atoms with Crippen molar-refractivity contribution in [2.75, 3.05) is 46.9 Å². The smallest absolute Gasteiger partial charge is 0.416 e. The lowest BCUT2D eigenvalue weighted by Crippen LogP contribution is -2.39. The van der Waals surface area contributed by atoms with Gasteiger partial charge in [0, 0.05) is 19.6 Å². The predicted molar refractivity (Wildman–Crippen MR) is 118 cm³/mol. The summed E-state index contributed by atoms with van der Waals surface area (Å²) in [5.41, 5.74) is 1.65. The average Bonchev–Trinajstić information content (AvgIpc) is 3.00. The van der Waals surface area contributed by atoms with Crippen LogP contribution in [0.3, 0.4) is 0 Å². The Hall–Kier alpha value is -2.58. The first-order valence-corrected chi connectivity index (χ1v) is 10.8. The van der Waals surface area contributed by atoms with E-state index in [1.807, 2.05) is 31.1 Å². The summed E-state index contributed by atoms with van der Waals surface area (Å²) in [6.45, 7) is 2.23. The standard InChI is InChI=1S/C24H30F3N3O2/c1-29(2)14-15-30(16-19-6-3-4-8-21(19)24(25,26)27)23(31)17-32-22-9-5-7-18-10-12-28-13-11-20(18)22/h3-9,28H,10-17H2,1-2H3. The van der Waals surface area contributed by atoms with Crippen molar-refractivity contribution in [2.45, 2.75) is 25.6 Å². The van der Waals surface area contributed by atoms with Crippen molar-refractivity contribution in [3.8, 4) is 5.75 Å². The number of carbonyl (C=O) groups excluding carboxylic acids is 1. The van der Waals surface area contributed by atoms with Crippen molar-refractivity contribution >= 4 is 5.91 Å². The molecule has 1 N–H and O–H groups in total. The highest BCUT2D eigenvalue weighted by Crippen LogP contribution is 2.32. The van der Waals surface area contributed by atoms with Gasteiger partial charge in [-0.15, -0.1) is 0 Å². The fourth-order valence-electron chi connectivity index (χ4n) is 3.81. The molecule has 0 saturated heterocycles. The van der Waals surface area contributed by atoms with Crippen LogP contribution < -0.4 is 10.1 Å². The molecule has 2 aromatic carbocycles.